The van der Waals surface area contributed by atoms with Crippen molar-refractivity contribution < 1.29 is 9.15 Å². The molecule has 1 atom stereocenters. The highest BCUT2D eigenvalue weighted by atomic mass is 35.5. The summed E-state index contributed by atoms with van der Waals surface area (Å²) in [6, 6.07) is 9.64. The van der Waals surface area contributed by atoms with Crippen LogP contribution in [0.15, 0.2) is 41.0 Å². The van der Waals surface area contributed by atoms with E-state index in [0.29, 0.717) is 10.8 Å². The predicted molar refractivity (Wildman–Crippen MR) is 73.4 cm³/mol. The predicted octanol–water partition coefficient (Wildman–Crippen LogP) is 4.50. The first-order valence-corrected chi connectivity index (χ1v) is 6.26. The van der Waals surface area contributed by atoms with E-state index in [1.165, 1.54) is 0 Å². The highest BCUT2D eigenvalue weighted by molar-refractivity contribution is 6.32. The lowest BCUT2D eigenvalue weighted by atomic mass is 10.1. The van der Waals surface area contributed by atoms with Crippen molar-refractivity contribution in [2.45, 2.75) is 19.4 Å². The second-order valence-electron chi connectivity index (χ2n) is 3.97. The van der Waals surface area contributed by atoms with Crippen LogP contribution >= 0.6 is 11.6 Å². The van der Waals surface area contributed by atoms with Gasteiger partial charge in [0.2, 0.25) is 0 Å². The minimum Gasteiger partial charge on any atom is -0.495 e. The van der Waals surface area contributed by atoms with Crippen LogP contribution in [0.1, 0.15) is 25.1 Å². The molecule has 0 saturated heterocycles. The summed E-state index contributed by atoms with van der Waals surface area (Å²) in [7, 11) is 1.60. The van der Waals surface area contributed by atoms with Crippen molar-refractivity contribution >= 4 is 17.3 Å². The second-order valence-corrected chi connectivity index (χ2v) is 4.38. The first-order valence-electron chi connectivity index (χ1n) is 5.88. The fourth-order valence-corrected chi connectivity index (χ4v) is 2.08. The molecule has 1 aromatic heterocycles. The van der Waals surface area contributed by atoms with Crippen LogP contribution in [0.5, 0.6) is 5.75 Å². The SMILES string of the molecule is CCC(Nc1ccc(OC)c(Cl)c1)c1ccco1. The molecule has 0 fully saturated rings. The van der Waals surface area contributed by atoms with Gasteiger partial charge in [-0.1, -0.05) is 18.5 Å². The van der Waals surface area contributed by atoms with Gasteiger partial charge in [-0.2, -0.15) is 0 Å². The number of nitrogens with one attached hydrogen (secondary N) is 1. The number of methoxy groups -OCH3 is 1. The normalized spacial score (nSPS) is 12.2. The fourth-order valence-electron chi connectivity index (χ4n) is 1.82. The Balaban J connectivity index is 2.15. The minimum absolute atomic E-state index is 0.143. The Morgan fingerprint density at radius 3 is 2.78 bits per heavy atom. The summed E-state index contributed by atoms with van der Waals surface area (Å²) in [5.41, 5.74) is 0.948. The third-order valence-electron chi connectivity index (χ3n) is 2.79. The average molecular weight is 266 g/mol. The van der Waals surface area contributed by atoms with Gasteiger partial charge in [-0.05, 0) is 36.8 Å². The van der Waals surface area contributed by atoms with Crippen molar-refractivity contribution in [2.75, 3.05) is 12.4 Å². The Morgan fingerprint density at radius 2 is 2.22 bits per heavy atom. The van der Waals surface area contributed by atoms with E-state index in [2.05, 4.69) is 12.2 Å². The molecule has 4 heteroatoms. The first-order chi connectivity index (χ1) is 8.74. The van der Waals surface area contributed by atoms with Crippen LogP contribution < -0.4 is 10.1 Å². The van der Waals surface area contributed by atoms with E-state index in [1.807, 2.05) is 30.3 Å². The standard InChI is InChI=1S/C14H16ClNO2/c1-3-12(14-5-4-8-18-14)16-10-6-7-13(17-2)11(15)9-10/h4-9,12,16H,3H2,1-2H3. The summed E-state index contributed by atoms with van der Waals surface area (Å²) in [6.45, 7) is 2.10. The molecule has 96 valence electrons. The van der Waals surface area contributed by atoms with Crippen LogP contribution in [0.2, 0.25) is 5.02 Å². The molecule has 3 nitrogen and oxygen atoms in total. The number of anilines is 1. The van der Waals surface area contributed by atoms with Crippen molar-refractivity contribution in [2.24, 2.45) is 0 Å². The summed E-state index contributed by atoms with van der Waals surface area (Å²) in [5.74, 6) is 1.60. The van der Waals surface area contributed by atoms with E-state index in [0.717, 1.165) is 17.9 Å². The molecule has 1 aromatic carbocycles. The summed E-state index contributed by atoms with van der Waals surface area (Å²) in [6.07, 6.45) is 2.61. The fraction of sp³-hybridized carbons (Fsp3) is 0.286. The molecule has 2 rings (SSSR count). The van der Waals surface area contributed by atoms with Crippen LogP contribution in [-0.4, -0.2) is 7.11 Å². The molecule has 0 aliphatic rings. The Labute approximate surface area is 112 Å². The number of hydrogen-bond donors (Lipinski definition) is 1. The molecule has 1 heterocycles. The monoisotopic (exact) mass is 265 g/mol. The maximum atomic E-state index is 6.09. The molecule has 0 aliphatic carbocycles. The van der Waals surface area contributed by atoms with Crippen LogP contribution in [0.25, 0.3) is 0 Å². The molecule has 2 aromatic rings. The van der Waals surface area contributed by atoms with Crippen molar-refractivity contribution in [1.29, 1.82) is 0 Å². The highest BCUT2D eigenvalue weighted by Crippen LogP contribution is 2.30. The second kappa shape index (κ2) is 5.83. The zero-order valence-corrected chi connectivity index (χ0v) is 11.2. The number of rotatable bonds is 5. The molecular weight excluding hydrogens is 250 g/mol. The highest BCUT2D eigenvalue weighted by Gasteiger charge is 2.12. The van der Waals surface area contributed by atoms with Gasteiger partial charge in [-0.3, -0.25) is 0 Å². The third kappa shape index (κ3) is 2.79. The minimum atomic E-state index is 0.143. The van der Waals surface area contributed by atoms with Gasteiger partial charge in [0.05, 0.1) is 24.4 Å². The molecule has 0 amide bonds. The average Bonchev–Trinajstić information content (AvgIpc) is 2.90. The maximum absolute atomic E-state index is 6.09. The van der Waals surface area contributed by atoms with E-state index in [1.54, 1.807) is 13.4 Å². The van der Waals surface area contributed by atoms with E-state index in [9.17, 15) is 0 Å². The van der Waals surface area contributed by atoms with Gasteiger partial charge < -0.3 is 14.5 Å². The molecule has 1 unspecified atom stereocenters. The largest absolute Gasteiger partial charge is 0.495 e. The third-order valence-corrected chi connectivity index (χ3v) is 3.08. The molecule has 18 heavy (non-hydrogen) atoms. The number of ether oxygens (including phenoxy) is 1. The van der Waals surface area contributed by atoms with Crippen molar-refractivity contribution in [3.8, 4) is 5.75 Å². The van der Waals surface area contributed by atoms with Crippen LogP contribution in [0.3, 0.4) is 0 Å². The van der Waals surface area contributed by atoms with E-state index < -0.39 is 0 Å². The molecular formula is C14H16ClNO2. The van der Waals surface area contributed by atoms with Crippen LogP contribution in [0.4, 0.5) is 5.69 Å². The Kier molecular flexibility index (Phi) is 4.15. The molecule has 0 bridgehead atoms. The topological polar surface area (TPSA) is 34.4 Å². The Morgan fingerprint density at radius 1 is 1.39 bits per heavy atom. The summed E-state index contributed by atoms with van der Waals surface area (Å²) < 4.78 is 10.5. The van der Waals surface area contributed by atoms with E-state index in [-0.39, 0.29) is 6.04 Å². The first kappa shape index (κ1) is 12.8. The molecule has 0 radical (unpaired) electrons. The van der Waals surface area contributed by atoms with E-state index in [4.69, 9.17) is 20.8 Å². The number of benzene rings is 1. The molecule has 0 spiro atoms. The smallest absolute Gasteiger partial charge is 0.137 e. The van der Waals surface area contributed by atoms with Crippen molar-refractivity contribution in [3.05, 3.63) is 47.4 Å². The van der Waals surface area contributed by atoms with Gasteiger partial charge in [0.1, 0.15) is 11.5 Å². The number of furan rings is 1. The maximum Gasteiger partial charge on any atom is 0.137 e. The molecule has 0 aliphatic heterocycles. The lowest BCUT2D eigenvalue weighted by molar-refractivity contribution is 0.415. The van der Waals surface area contributed by atoms with E-state index >= 15 is 0 Å². The van der Waals surface area contributed by atoms with Crippen LogP contribution in [-0.2, 0) is 0 Å². The Bertz CT molecular complexity index is 497. The molecule has 1 N–H and O–H groups in total. The number of halogens is 1. The van der Waals surface area contributed by atoms with Gasteiger partial charge in [-0.15, -0.1) is 0 Å². The van der Waals surface area contributed by atoms with Gasteiger partial charge in [-0.25, -0.2) is 0 Å². The van der Waals surface area contributed by atoms with Crippen molar-refractivity contribution in [1.82, 2.24) is 0 Å². The Hall–Kier alpha value is -1.61. The summed E-state index contributed by atoms with van der Waals surface area (Å²) in [5, 5.41) is 3.98. The van der Waals surface area contributed by atoms with Gasteiger partial charge in [0, 0.05) is 5.69 Å². The quantitative estimate of drug-likeness (QED) is 0.864. The summed E-state index contributed by atoms with van der Waals surface area (Å²) >= 11 is 6.09. The van der Waals surface area contributed by atoms with Crippen molar-refractivity contribution in [3.63, 3.8) is 0 Å². The number of hydrogen-bond acceptors (Lipinski definition) is 3. The zero-order chi connectivity index (χ0) is 13.0. The van der Waals surface area contributed by atoms with Gasteiger partial charge >= 0.3 is 0 Å². The lowest BCUT2D eigenvalue weighted by Gasteiger charge is -2.16. The lowest BCUT2D eigenvalue weighted by Crippen LogP contribution is -2.08. The van der Waals surface area contributed by atoms with Gasteiger partial charge in [0.25, 0.3) is 0 Å². The molecule has 0 saturated carbocycles. The zero-order valence-electron chi connectivity index (χ0n) is 10.4. The van der Waals surface area contributed by atoms with Crippen LogP contribution in [0, 0.1) is 0 Å². The summed E-state index contributed by atoms with van der Waals surface area (Å²) in [4.78, 5) is 0. The van der Waals surface area contributed by atoms with Gasteiger partial charge in [0.15, 0.2) is 0 Å².